The molecule has 1 aliphatic rings. The van der Waals surface area contributed by atoms with Gasteiger partial charge in [0.1, 0.15) is 0 Å². The minimum atomic E-state index is 0.716. The van der Waals surface area contributed by atoms with Gasteiger partial charge in [-0.15, -0.1) is 0 Å². The quantitative estimate of drug-likeness (QED) is 0.917. The predicted molar refractivity (Wildman–Crippen MR) is 73.2 cm³/mol. The zero-order valence-electron chi connectivity index (χ0n) is 10.4. The van der Waals surface area contributed by atoms with Gasteiger partial charge in [0.05, 0.1) is 16.9 Å². The van der Waals surface area contributed by atoms with E-state index in [-0.39, 0.29) is 0 Å². The molecular weight excluding hydrogens is 246 g/mol. The summed E-state index contributed by atoms with van der Waals surface area (Å²) in [5.41, 5.74) is 3.33. The second-order valence-electron chi connectivity index (χ2n) is 4.77. The van der Waals surface area contributed by atoms with Crippen molar-refractivity contribution in [1.82, 2.24) is 15.1 Å². The lowest BCUT2D eigenvalue weighted by molar-refractivity contribution is 0.684. The molecule has 0 saturated heterocycles. The smallest absolute Gasteiger partial charge is 0.0834 e. The van der Waals surface area contributed by atoms with Gasteiger partial charge in [0.2, 0.25) is 0 Å². The molecule has 2 aromatic rings. The summed E-state index contributed by atoms with van der Waals surface area (Å²) < 4.78 is 1.91. The first-order chi connectivity index (χ1) is 8.75. The van der Waals surface area contributed by atoms with Crippen LogP contribution < -0.4 is 5.32 Å². The number of para-hydroxylation sites is 1. The molecule has 0 unspecified atom stereocenters. The third kappa shape index (κ3) is 2.28. The lowest BCUT2D eigenvalue weighted by Crippen LogP contribution is -2.15. The van der Waals surface area contributed by atoms with Crippen molar-refractivity contribution in [2.45, 2.75) is 32.4 Å². The summed E-state index contributed by atoms with van der Waals surface area (Å²) in [6, 6.07) is 8.50. The Hall–Kier alpha value is -1.32. The average Bonchev–Trinajstić information content (AvgIpc) is 3.13. The number of nitrogens with one attached hydrogen (secondary N) is 1. The zero-order valence-corrected chi connectivity index (χ0v) is 11.1. The maximum absolute atomic E-state index is 6.20. The van der Waals surface area contributed by atoms with Crippen molar-refractivity contribution < 1.29 is 0 Å². The van der Waals surface area contributed by atoms with Crippen molar-refractivity contribution in [3.05, 3.63) is 46.7 Å². The first-order valence-corrected chi connectivity index (χ1v) is 6.65. The topological polar surface area (TPSA) is 29.9 Å². The molecule has 94 valence electrons. The lowest BCUT2D eigenvalue weighted by atomic mass is 10.2. The van der Waals surface area contributed by atoms with Crippen LogP contribution in [0.5, 0.6) is 0 Å². The Morgan fingerprint density at radius 2 is 2.17 bits per heavy atom. The maximum atomic E-state index is 6.20. The average molecular weight is 262 g/mol. The van der Waals surface area contributed by atoms with Crippen molar-refractivity contribution in [3.63, 3.8) is 0 Å². The van der Waals surface area contributed by atoms with E-state index < -0.39 is 0 Å². The molecule has 4 heteroatoms. The van der Waals surface area contributed by atoms with E-state index in [2.05, 4.69) is 17.3 Å². The maximum Gasteiger partial charge on any atom is 0.0834 e. The molecule has 0 aliphatic heterocycles. The van der Waals surface area contributed by atoms with Gasteiger partial charge in [0, 0.05) is 23.8 Å². The standard InChI is InChI=1S/C14H16ClN3/c1-10-11(8-16-12-6-7-12)9-17-18(10)14-5-3-2-4-13(14)15/h2-5,9,12,16H,6-8H2,1H3. The van der Waals surface area contributed by atoms with Crippen LogP contribution in [-0.4, -0.2) is 15.8 Å². The first-order valence-electron chi connectivity index (χ1n) is 6.27. The highest BCUT2D eigenvalue weighted by Gasteiger charge is 2.21. The summed E-state index contributed by atoms with van der Waals surface area (Å²) in [5.74, 6) is 0. The number of halogens is 1. The zero-order chi connectivity index (χ0) is 12.5. The van der Waals surface area contributed by atoms with Gasteiger partial charge >= 0.3 is 0 Å². The molecule has 3 rings (SSSR count). The van der Waals surface area contributed by atoms with Crippen LogP contribution in [0.4, 0.5) is 0 Å². The van der Waals surface area contributed by atoms with Crippen LogP contribution >= 0.6 is 11.6 Å². The minimum Gasteiger partial charge on any atom is -0.310 e. The Labute approximate surface area is 112 Å². The van der Waals surface area contributed by atoms with E-state index in [1.807, 2.05) is 35.1 Å². The van der Waals surface area contributed by atoms with Crippen LogP contribution in [0.3, 0.4) is 0 Å². The normalized spacial score (nSPS) is 15.0. The molecule has 1 heterocycles. The second-order valence-corrected chi connectivity index (χ2v) is 5.18. The minimum absolute atomic E-state index is 0.716. The van der Waals surface area contributed by atoms with Crippen LogP contribution in [0, 0.1) is 6.92 Å². The number of hydrogen-bond acceptors (Lipinski definition) is 2. The van der Waals surface area contributed by atoms with Gasteiger partial charge in [-0.3, -0.25) is 0 Å². The third-order valence-corrected chi connectivity index (χ3v) is 3.67. The Morgan fingerprint density at radius 1 is 1.39 bits per heavy atom. The predicted octanol–water partition coefficient (Wildman–Crippen LogP) is 3.09. The van der Waals surface area contributed by atoms with Gasteiger partial charge in [0.25, 0.3) is 0 Å². The molecule has 1 aromatic carbocycles. The molecule has 1 N–H and O–H groups in total. The second kappa shape index (κ2) is 4.75. The van der Waals surface area contributed by atoms with Crippen molar-refractivity contribution >= 4 is 11.6 Å². The molecule has 1 aliphatic carbocycles. The Morgan fingerprint density at radius 3 is 2.89 bits per heavy atom. The van der Waals surface area contributed by atoms with E-state index in [9.17, 15) is 0 Å². The van der Waals surface area contributed by atoms with Gasteiger partial charge in [-0.1, -0.05) is 23.7 Å². The van der Waals surface area contributed by atoms with E-state index in [1.54, 1.807) is 0 Å². The van der Waals surface area contributed by atoms with Gasteiger partial charge in [0.15, 0.2) is 0 Å². The van der Waals surface area contributed by atoms with Gasteiger partial charge in [-0.2, -0.15) is 5.10 Å². The number of benzene rings is 1. The van der Waals surface area contributed by atoms with Crippen molar-refractivity contribution in [2.24, 2.45) is 0 Å². The molecular formula is C14H16ClN3. The van der Waals surface area contributed by atoms with Crippen LogP contribution in [0.2, 0.25) is 5.02 Å². The molecule has 0 atom stereocenters. The van der Waals surface area contributed by atoms with E-state index in [0.717, 1.165) is 22.9 Å². The highest BCUT2D eigenvalue weighted by molar-refractivity contribution is 6.32. The van der Waals surface area contributed by atoms with Crippen molar-refractivity contribution in [2.75, 3.05) is 0 Å². The van der Waals surface area contributed by atoms with Gasteiger partial charge in [-0.05, 0) is 31.9 Å². The highest BCUT2D eigenvalue weighted by atomic mass is 35.5. The molecule has 0 amide bonds. The third-order valence-electron chi connectivity index (χ3n) is 3.35. The fourth-order valence-electron chi connectivity index (χ4n) is 2.03. The van der Waals surface area contributed by atoms with E-state index in [4.69, 9.17) is 11.6 Å². The molecule has 1 fully saturated rings. The largest absolute Gasteiger partial charge is 0.310 e. The van der Waals surface area contributed by atoms with Crippen LogP contribution in [0.15, 0.2) is 30.5 Å². The SMILES string of the molecule is Cc1c(CNC2CC2)cnn1-c1ccccc1Cl. The molecule has 0 bridgehead atoms. The molecule has 0 radical (unpaired) electrons. The summed E-state index contributed by atoms with van der Waals surface area (Å²) in [6.45, 7) is 2.97. The molecule has 1 aromatic heterocycles. The highest BCUT2D eigenvalue weighted by Crippen LogP contribution is 2.23. The van der Waals surface area contributed by atoms with Crippen molar-refractivity contribution in [1.29, 1.82) is 0 Å². The fraction of sp³-hybridized carbons (Fsp3) is 0.357. The summed E-state index contributed by atoms with van der Waals surface area (Å²) in [5, 5.41) is 8.67. The van der Waals surface area contributed by atoms with Crippen LogP contribution in [0.1, 0.15) is 24.1 Å². The van der Waals surface area contributed by atoms with Crippen molar-refractivity contribution in [3.8, 4) is 5.69 Å². The van der Waals surface area contributed by atoms with Crippen LogP contribution in [0.25, 0.3) is 5.69 Å². The number of hydrogen-bond donors (Lipinski definition) is 1. The Bertz CT molecular complexity index is 558. The molecule has 3 nitrogen and oxygen atoms in total. The van der Waals surface area contributed by atoms with Gasteiger partial charge in [-0.25, -0.2) is 4.68 Å². The Balaban J connectivity index is 1.86. The van der Waals surface area contributed by atoms with Crippen LogP contribution in [-0.2, 0) is 6.54 Å². The Kier molecular flexibility index (Phi) is 3.10. The lowest BCUT2D eigenvalue weighted by Gasteiger charge is -2.07. The van der Waals surface area contributed by atoms with E-state index >= 15 is 0 Å². The van der Waals surface area contributed by atoms with E-state index in [1.165, 1.54) is 18.4 Å². The molecule has 18 heavy (non-hydrogen) atoms. The number of nitrogens with zero attached hydrogens (tertiary/aromatic N) is 2. The first kappa shape index (κ1) is 11.8. The van der Waals surface area contributed by atoms with Gasteiger partial charge < -0.3 is 5.32 Å². The number of aromatic nitrogens is 2. The molecule has 0 spiro atoms. The van der Waals surface area contributed by atoms with E-state index in [0.29, 0.717) is 6.04 Å². The summed E-state index contributed by atoms with van der Waals surface area (Å²) >= 11 is 6.20. The summed E-state index contributed by atoms with van der Waals surface area (Å²) in [6.07, 6.45) is 4.53. The fourth-order valence-corrected chi connectivity index (χ4v) is 2.24. The summed E-state index contributed by atoms with van der Waals surface area (Å²) in [4.78, 5) is 0. The number of rotatable bonds is 4. The summed E-state index contributed by atoms with van der Waals surface area (Å²) in [7, 11) is 0. The monoisotopic (exact) mass is 261 g/mol. The molecule has 1 saturated carbocycles.